The van der Waals surface area contributed by atoms with Crippen molar-refractivity contribution in [2.45, 2.75) is 56.9 Å². The van der Waals surface area contributed by atoms with Gasteiger partial charge in [0.05, 0.1) is 10.5 Å². The molecule has 0 atom stereocenters. The summed E-state index contributed by atoms with van der Waals surface area (Å²) in [6.45, 7) is 3.62. The molecule has 1 aliphatic carbocycles. The number of benzene rings is 1. The molecular weight excluding hydrogens is 422 g/mol. The van der Waals surface area contributed by atoms with Crippen LogP contribution in [0.25, 0.3) is 0 Å². The van der Waals surface area contributed by atoms with Crippen LogP contribution in [0, 0.1) is 13.8 Å². The zero-order chi connectivity index (χ0) is 22.1. The number of nitrogens with two attached hydrogens (primary N) is 1. The Balaban J connectivity index is 1.85. The monoisotopic (exact) mass is 449 g/mol. The van der Waals surface area contributed by atoms with Gasteiger partial charge in [-0.05, 0) is 50.5 Å². The average Bonchev–Trinajstić information content (AvgIpc) is 3.01. The lowest BCUT2D eigenvalue weighted by Gasteiger charge is -2.30. The zero-order valence-corrected chi connectivity index (χ0v) is 19.0. The Kier molecular flexibility index (Phi) is 6.64. The summed E-state index contributed by atoms with van der Waals surface area (Å²) in [7, 11) is -2.10. The van der Waals surface area contributed by atoms with Gasteiger partial charge in [0.1, 0.15) is 5.00 Å². The van der Waals surface area contributed by atoms with Crippen LogP contribution in [-0.4, -0.2) is 37.6 Å². The zero-order valence-electron chi connectivity index (χ0n) is 17.4. The van der Waals surface area contributed by atoms with Crippen LogP contribution in [0.3, 0.4) is 0 Å². The number of carbonyl (C=O) groups excluding carboxylic acids is 2. The van der Waals surface area contributed by atoms with Crippen LogP contribution in [0.5, 0.6) is 0 Å². The average molecular weight is 450 g/mol. The molecule has 0 bridgehead atoms. The maximum Gasteiger partial charge on any atom is 0.256 e. The van der Waals surface area contributed by atoms with Gasteiger partial charge in [-0.15, -0.1) is 11.3 Å². The SMILES string of the molecule is Cc1sc(NC(=O)c2cccc(S(=O)(=O)N(C)C3CCCCC3)c2)c(C(N)=O)c1C. The molecular formula is C21H27N3O4S2. The van der Waals surface area contributed by atoms with Crippen LogP contribution in [0.2, 0.25) is 0 Å². The van der Waals surface area contributed by atoms with Crippen LogP contribution in [0.4, 0.5) is 5.00 Å². The molecule has 1 fully saturated rings. The Morgan fingerprint density at radius 3 is 2.47 bits per heavy atom. The third kappa shape index (κ3) is 4.43. The number of rotatable bonds is 6. The third-order valence-corrected chi connectivity index (χ3v) is 8.75. The van der Waals surface area contributed by atoms with E-state index in [9.17, 15) is 18.0 Å². The predicted molar refractivity (Wildman–Crippen MR) is 119 cm³/mol. The summed E-state index contributed by atoms with van der Waals surface area (Å²) < 4.78 is 27.6. The number of hydrogen-bond donors (Lipinski definition) is 2. The Morgan fingerprint density at radius 2 is 1.83 bits per heavy atom. The van der Waals surface area contributed by atoms with Crippen LogP contribution >= 0.6 is 11.3 Å². The van der Waals surface area contributed by atoms with E-state index in [2.05, 4.69) is 5.32 Å². The van der Waals surface area contributed by atoms with E-state index in [0.717, 1.165) is 42.5 Å². The van der Waals surface area contributed by atoms with E-state index in [1.54, 1.807) is 26.1 Å². The second-order valence-electron chi connectivity index (χ2n) is 7.65. The highest BCUT2D eigenvalue weighted by atomic mass is 32.2. The van der Waals surface area contributed by atoms with Gasteiger partial charge in [-0.25, -0.2) is 8.42 Å². The molecule has 0 saturated heterocycles. The van der Waals surface area contributed by atoms with E-state index in [1.165, 1.54) is 27.8 Å². The van der Waals surface area contributed by atoms with Crippen molar-refractivity contribution < 1.29 is 18.0 Å². The number of nitrogens with zero attached hydrogens (tertiary/aromatic N) is 1. The van der Waals surface area contributed by atoms with Gasteiger partial charge in [-0.1, -0.05) is 25.3 Å². The van der Waals surface area contributed by atoms with Gasteiger partial charge in [0.15, 0.2) is 0 Å². The summed E-state index contributed by atoms with van der Waals surface area (Å²) in [6, 6.07) is 5.96. The molecule has 1 aliphatic rings. The summed E-state index contributed by atoms with van der Waals surface area (Å²) in [5.41, 5.74) is 6.68. The van der Waals surface area contributed by atoms with E-state index in [0.29, 0.717) is 5.00 Å². The molecule has 162 valence electrons. The van der Waals surface area contributed by atoms with Crippen LogP contribution < -0.4 is 11.1 Å². The molecule has 1 saturated carbocycles. The second-order valence-corrected chi connectivity index (χ2v) is 10.9. The lowest BCUT2D eigenvalue weighted by Crippen LogP contribution is -2.38. The summed E-state index contributed by atoms with van der Waals surface area (Å²) >= 11 is 1.27. The number of anilines is 1. The van der Waals surface area contributed by atoms with Crippen molar-refractivity contribution >= 4 is 38.2 Å². The summed E-state index contributed by atoms with van der Waals surface area (Å²) in [6.07, 6.45) is 4.88. The first-order valence-electron chi connectivity index (χ1n) is 9.92. The number of aryl methyl sites for hydroxylation is 1. The number of carbonyl (C=O) groups is 2. The van der Waals surface area contributed by atoms with E-state index >= 15 is 0 Å². The number of amides is 2. The molecule has 2 amide bonds. The summed E-state index contributed by atoms with van der Waals surface area (Å²) in [5, 5.41) is 3.08. The van der Waals surface area contributed by atoms with Crippen molar-refractivity contribution in [1.29, 1.82) is 0 Å². The minimum atomic E-state index is -3.71. The minimum absolute atomic E-state index is 0.0172. The Labute approximate surface area is 181 Å². The largest absolute Gasteiger partial charge is 0.365 e. The standard InChI is InChI=1S/C21H27N3O4S2/c1-13-14(2)29-21(18(13)19(22)25)23-20(26)15-8-7-11-17(12-15)30(27,28)24(3)16-9-5-4-6-10-16/h7-8,11-12,16H,4-6,9-10H2,1-3H3,(H2,22,25)(H,23,26). The van der Waals surface area contributed by atoms with Crippen molar-refractivity contribution in [3.63, 3.8) is 0 Å². The van der Waals surface area contributed by atoms with Gasteiger partial charge >= 0.3 is 0 Å². The van der Waals surface area contributed by atoms with E-state index in [-0.39, 0.29) is 22.1 Å². The number of thiophene rings is 1. The number of hydrogen-bond acceptors (Lipinski definition) is 5. The van der Waals surface area contributed by atoms with Gasteiger partial charge in [0.25, 0.3) is 11.8 Å². The highest BCUT2D eigenvalue weighted by Crippen LogP contribution is 2.32. The first-order chi connectivity index (χ1) is 14.1. The molecule has 0 aliphatic heterocycles. The molecule has 1 aromatic carbocycles. The molecule has 9 heteroatoms. The Morgan fingerprint density at radius 1 is 1.17 bits per heavy atom. The Bertz CT molecular complexity index is 1070. The van der Waals surface area contributed by atoms with Crippen molar-refractivity contribution in [1.82, 2.24) is 4.31 Å². The topological polar surface area (TPSA) is 110 Å². The third-order valence-electron chi connectivity index (χ3n) is 5.72. The van der Waals surface area contributed by atoms with Crippen molar-refractivity contribution in [3.05, 3.63) is 45.8 Å². The lowest BCUT2D eigenvalue weighted by atomic mass is 9.96. The first-order valence-corrected chi connectivity index (χ1v) is 12.2. The fourth-order valence-electron chi connectivity index (χ4n) is 3.79. The van der Waals surface area contributed by atoms with E-state index in [1.807, 2.05) is 6.92 Å². The smallest absolute Gasteiger partial charge is 0.256 e. The molecule has 3 rings (SSSR count). The number of primary amides is 1. The van der Waals surface area contributed by atoms with Gasteiger partial charge in [0.2, 0.25) is 10.0 Å². The molecule has 0 radical (unpaired) electrons. The highest BCUT2D eigenvalue weighted by Gasteiger charge is 2.29. The predicted octanol–water partition coefficient (Wildman–Crippen LogP) is 3.67. The van der Waals surface area contributed by atoms with E-state index < -0.39 is 21.8 Å². The van der Waals surface area contributed by atoms with E-state index in [4.69, 9.17) is 5.73 Å². The first kappa shape index (κ1) is 22.5. The summed E-state index contributed by atoms with van der Waals surface area (Å²) in [5.74, 6) is -1.10. The van der Waals surface area contributed by atoms with Crippen molar-refractivity contribution in [2.75, 3.05) is 12.4 Å². The molecule has 1 heterocycles. The van der Waals surface area contributed by atoms with Crippen molar-refractivity contribution in [2.24, 2.45) is 5.73 Å². The molecule has 3 N–H and O–H groups in total. The maximum atomic E-state index is 13.1. The minimum Gasteiger partial charge on any atom is -0.365 e. The maximum absolute atomic E-state index is 13.1. The second kappa shape index (κ2) is 8.87. The van der Waals surface area contributed by atoms with Gasteiger partial charge in [0, 0.05) is 23.5 Å². The molecule has 0 unspecified atom stereocenters. The number of sulfonamides is 1. The molecule has 7 nitrogen and oxygen atoms in total. The van der Waals surface area contributed by atoms with Crippen LogP contribution in [-0.2, 0) is 10.0 Å². The van der Waals surface area contributed by atoms with Crippen molar-refractivity contribution in [3.8, 4) is 0 Å². The fraction of sp³-hybridized carbons (Fsp3) is 0.429. The number of nitrogens with one attached hydrogen (secondary N) is 1. The van der Waals surface area contributed by atoms with Gasteiger partial charge in [-0.3, -0.25) is 9.59 Å². The van der Waals surface area contributed by atoms with Crippen LogP contribution in [0.1, 0.15) is 63.3 Å². The molecule has 30 heavy (non-hydrogen) atoms. The molecule has 0 spiro atoms. The molecule has 1 aromatic heterocycles. The highest BCUT2D eigenvalue weighted by molar-refractivity contribution is 7.89. The lowest BCUT2D eigenvalue weighted by molar-refractivity contribution is 0.100. The van der Waals surface area contributed by atoms with Crippen LogP contribution in [0.15, 0.2) is 29.2 Å². The van der Waals surface area contributed by atoms with Gasteiger partial charge < -0.3 is 11.1 Å². The fourth-order valence-corrected chi connectivity index (χ4v) is 6.32. The molecule has 2 aromatic rings. The normalized spacial score (nSPS) is 15.3. The Hall–Kier alpha value is -2.23. The quantitative estimate of drug-likeness (QED) is 0.701. The van der Waals surface area contributed by atoms with Gasteiger partial charge in [-0.2, -0.15) is 4.31 Å². The summed E-state index contributed by atoms with van der Waals surface area (Å²) in [4.78, 5) is 25.5.